The summed E-state index contributed by atoms with van der Waals surface area (Å²) in [5.74, 6) is 0.408. The van der Waals surface area contributed by atoms with E-state index in [0.717, 1.165) is 19.5 Å². The van der Waals surface area contributed by atoms with E-state index in [-0.39, 0.29) is 5.91 Å². The van der Waals surface area contributed by atoms with Crippen molar-refractivity contribution < 1.29 is 4.79 Å². The fourth-order valence-corrected chi connectivity index (χ4v) is 2.72. The second-order valence-corrected chi connectivity index (χ2v) is 6.65. The Kier molecular flexibility index (Phi) is 5.81. The quantitative estimate of drug-likeness (QED) is 0.670. The van der Waals surface area contributed by atoms with Gasteiger partial charge in [-0.25, -0.2) is 0 Å². The SMILES string of the molecule is CCN(CC(C)C)C(C)CC(C)(NC1CC1)C(N)=O. The van der Waals surface area contributed by atoms with Crippen LogP contribution in [-0.4, -0.2) is 41.5 Å². The Morgan fingerprint density at radius 3 is 2.37 bits per heavy atom. The van der Waals surface area contributed by atoms with Gasteiger partial charge in [0.2, 0.25) is 5.91 Å². The van der Waals surface area contributed by atoms with E-state index in [4.69, 9.17) is 5.73 Å². The molecule has 112 valence electrons. The van der Waals surface area contributed by atoms with Crippen LogP contribution in [0.2, 0.25) is 0 Å². The predicted molar refractivity (Wildman–Crippen MR) is 79.9 cm³/mol. The number of carbonyl (C=O) groups excluding carboxylic acids is 1. The van der Waals surface area contributed by atoms with Crippen molar-refractivity contribution in [3.05, 3.63) is 0 Å². The first-order valence-corrected chi connectivity index (χ1v) is 7.60. The van der Waals surface area contributed by atoms with Crippen LogP contribution in [0.1, 0.15) is 53.9 Å². The van der Waals surface area contributed by atoms with Crippen LogP contribution < -0.4 is 11.1 Å². The van der Waals surface area contributed by atoms with Crippen molar-refractivity contribution in [2.24, 2.45) is 11.7 Å². The number of hydrogen-bond donors (Lipinski definition) is 2. The highest BCUT2D eigenvalue weighted by molar-refractivity contribution is 5.84. The summed E-state index contributed by atoms with van der Waals surface area (Å²) >= 11 is 0. The van der Waals surface area contributed by atoms with Crippen LogP contribution in [0.5, 0.6) is 0 Å². The Bertz CT molecular complexity index is 302. The van der Waals surface area contributed by atoms with E-state index < -0.39 is 5.54 Å². The first-order valence-electron chi connectivity index (χ1n) is 7.60. The van der Waals surface area contributed by atoms with E-state index in [2.05, 4.69) is 37.9 Å². The molecule has 19 heavy (non-hydrogen) atoms. The van der Waals surface area contributed by atoms with Crippen LogP contribution >= 0.6 is 0 Å². The van der Waals surface area contributed by atoms with Gasteiger partial charge in [0.05, 0.1) is 5.54 Å². The van der Waals surface area contributed by atoms with E-state index in [0.29, 0.717) is 18.0 Å². The molecular formula is C15H31N3O. The van der Waals surface area contributed by atoms with Crippen molar-refractivity contribution in [2.75, 3.05) is 13.1 Å². The number of rotatable bonds is 9. The zero-order chi connectivity index (χ0) is 14.6. The van der Waals surface area contributed by atoms with Gasteiger partial charge in [-0.15, -0.1) is 0 Å². The highest BCUT2D eigenvalue weighted by Crippen LogP contribution is 2.25. The predicted octanol–water partition coefficient (Wildman–Crippen LogP) is 1.74. The summed E-state index contributed by atoms with van der Waals surface area (Å²) in [6.07, 6.45) is 3.11. The van der Waals surface area contributed by atoms with Gasteiger partial charge >= 0.3 is 0 Å². The molecule has 0 spiro atoms. The zero-order valence-electron chi connectivity index (χ0n) is 13.2. The van der Waals surface area contributed by atoms with Crippen LogP contribution in [0, 0.1) is 5.92 Å². The molecule has 0 aliphatic heterocycles. The van der Waals surface area contributed by atoms with E-state index in [1.165, 1.54) is 12.8 Å². The van der Waals surface area contributed by atoms with Crippen LogP contribution in [0.15, 0.2) is 0 Å². The maximum atomic E-state index is 11.8. The summed E-state index contributed by atoms with van der Waals surface area (Å²) in [7, 11) is 0. The first-order chi connectivity index (χ1) is 8.78. The average molecular weight is 269 g/mol. The molecule has 0 bridgehead atoms. The molecule has 1 rings (SSSR count). The molecule has 1 aliphatic carbocycles. The van der Waals surface area contributed by atoms with Crippen molar-refractivity contribution >= 4 is 5.91 Å². The number of hydrogen-bond acceptors (Lipinski definition) is 3. The monoisotopic (exact) mass is 269 g/mol. The van der Waals surface area contributed by atoms with Crippen LogP contribution in [-0.2, 0) is 4.79 Å². The molecule has 3 N–H and O–H groups in total. The third-order valence-electron chi connectivity index (χ3n) is 3.98. The molecule has 1 fully saturated rings. The third-order valence-corrected chi connectivity index (χ3v) is 3.98. The first kappa shape index (κ1) is 16.4. The van der Waals surface area contributed by atoms with Crippen LogP contribution in [0.3, 0.4) is 0 Å². The summed E-state index contributed by atoms with van der Waals surface area (Å²) in [5, 5.41) is 3.43. The van der Waals surface area contributed by atoms with Gasteiger partial charge in [-0.1, -0.05) is 20.8 Å². The van der Waals surface area contributed by atoms with Gasteiger partial charge < -0.3 is 16.0 Å². The highest BCUT2D eigenvalue weighted by atomic mass is 16.1. The second-order valence-electron chi connectivity index (χ2n) is 6.65. The molecule has 4 nitrogen and oxygen atoms in total. The summed E-state index contributed by atoms with van der Waals surface area (Å²) in [6, 6.07) is 0.848. The van der Waals surface area contributed by atoms with E-state index in [1.807, 2.05) is 6.92 Å². The summed E-state index contributed by atoms with van der Waals surface area (Å²) in [5.41, 5.74) is 5.04. The maximum Gasteiger partial charge on any atom is 0.237 e. The lowest BCUT2D eigenvalue weighted by molar-refractivity contribution is -0.124. The second kappa shape index (κ2) is 6.71. The normalized spacial score (nSPS) is 20.6. The van der Waals surface area contributed by atoms with Gasteiger partial charge in [-0.3, -0.25) is 4.79 Å². The number of nitrogens with one attached hydrogen (secondary N) is 1. The Morgan fingerprint density at radius 1 is 1.42 bits per heavy atom. The molecule has 1 aliphatic rings. The number of primary amides is 1. The van der Waals surface area contributed by atoms with Gasteiger partial charge in [0.15, 0.2) is 0 Å². The van der Waals surface area contributed by atoms with Gasteiger partial charge in [0.25, 0.3) is 0 Å². The van der Waals surface area contributed by atoms with Crippen molar-refractivity contribution in [3.8, 4) is 0 Å². The van der Waals surface area contributed by atoms with Crippen molar-refractivity contribution in [1.29, 1.82) is 0 Å². The summed E-state index contributed by atoms with van der Waals surface area (Å²) < 4.78 is 0. The largest absolute Gasteiger partial charge is 0.368 e. The minimum absolute atomic E-state index is 0.230. The Hall–Kier alpha value is -0.610. The molecule has 4 heteroatoms. The average Bonchev–Trinajstić information content (AvgIpc) is 3.08. The summed E-state index contributed by atoms with van der Waals surface area (Å²) in [6.45, 7) is 12.9. The van der Waals surface area contributed by atoms with E-state index >= 15 is 0 Å². The molecule has 0 heterocycles. The van der Waals surface area contributed by atoms with Crippen LogP contribution in [0.25, 0.3) is 0 Å². The van der Waals surface area contributed by atoms with Gasteiger partial charge in [0, 0.05) is 18.6 Å². The number of amides is 1. The van der Waals surface area contributed by atoms with Crippen molar-refractivity contribution in [2.45, 2.75) is 71.5 Å². The minimum Gasteiger partial charge on any atom is -0.368 e. The lowest BCUT2D eigenvalue weighted by Gasteiger charge is -2.36. The maximum absolute atomic E-state index is 11.8. The molecule has 0 saturated heterocycles. The van der Waals surface area contributed by atoms with E-state index in [9.17, 15) is 4.79 Å². The molecule has 1 saturated carbocycles. The minimum atomic E-state index is -0.578. The standard InChI is InChI=1S/C15H31N3O/c1-6-18(10-11(2)3)12(4)9-15(5,14(16)19)17-13-7-8-13/h11-13,17H,6-10H2,1-5H3,(H2,16,19). The van der Waals surface area contributed by atoms with Gasteiger partial charge in [-0.2, -0.15) is 0 Å². The topological polar surface area (TPSA) is 58.4 Å². The molecule has 0 aromatic heterocycles. The zero-order valence-corrected chi connectivity index (χ0v) is 13.2. The van der Waals surface area contributed by atoms with Crippen molar-refractivity contribution in [1.82, 2.24) is 10.2 Å². The smallest absolute Gasteiger partial charge is 0.237 e. The number of nitrogens with two attached hydrogens (primary N) is 1. The van der Waals surface area contributed by atoms with Crippen molar-refractivity contribution in [3.63, 3.8) is 0 Å². The Balaban J connectivity index is 2.63. The highest BCUT2D eigenvalue weighted by Gasteiger charge is 2.38. The molecule has 0 radical (unpaired) electrons. The fraction of sp³-hybridized carbons (Fsp3) is 0.933. The summed E-state index contributed by atoms with van der Waals surface area (Å²) in [4.78, 5) is 14.2. The third kappa shape index (κ3) is 5.11. The van der Waals surface area contributed by atoms with Gasteiger partial charge in [-0.05, 0) is 45.6 Å². The molecule has 0 aromatic carbocycles. The molecule has 2 unspecified atom stereocenters. The number of carbonyl (C=O) groups is 1. The fourth-order valence-electron chi connectivity index (χ4n) is 2.72. The Labute approximate surface area is 118 Å². The lowest BCUT2D eigenvalue weighted by atomic mass is 9.91. The number of nitrogens with zero attached hydrogens (tertiary/aromatic N) is 1. The van der Waals surface area contributed by atoms with Crippen LogP contribution in [0.4, 0.5) is 0 Å². The molecular weight excluding hydrogens is 238 g/mol. The molecule has 2 atom stereocenters. The van der Waals surface area contributed by atoms with E-state index in [1.54, 1.807) is 0 Å². The molecule has 1 amide bonds. The van der Waals surface area contributed by atoms with Gasteiger partial charge in [0.1, 0.15) is 0 Å². The Morgan fingerprint density at radius 2 is 2.00 bits per heavy atom. The lowest BCUT2D eigenvalue weighted by Crippen LogP contribution is -2.57. The molecule has 0 aromatic rings.